The van der Waals surface area contributed by atoms with Crippen molar-refractivity contribution < 1.29 is 4.79 Å². The van der Waals surface area contributed by atoms with Gasteiger partial charge in [-0.15, -0.1) is 0 Å². The molecule has 2 aliphatic rings. The van der Waals surface area contributed by atoms with Gasteiger partial charge < -0.3 is 10.2 Å². The number of carbonyl (C=O) groups excluding carboxylic acids is 1. The first-order valence-corrected chi connectivity index (χ1v) is 8.66. The van der Waals surface area contributed by atoms with E-state index in [-0.39, 0.29) is 0 Å². The van der Waals surface area contributed by atoms with Crippen molar-refractivity contribution in [3.05, 3.63) is 0 Å². The van der Waals surface area contributed by atoms with Gasteiger partial charge in [0.05, 0.1) is 0 Å². The zero-order chi connectivity index (χ0) is 14.4. The second kappa shape index (κ2) is 8.02. The predicted octanol–water partition coefficient (Wildman–Crippen LogP) is 3.19. The normalized spacial score (nSPS) is 25.1. The van der Waals surface area contributed by atoms with E-state index in [4.69, 9.17) is 0 Å². The van der Waals surface area contributed by atoms with Crippen molar-refractivity contribution >= 4 is 5.91 Å². The Kier molecular flexibility index (Phi) is 6.34. The summed E-state index contributed by atoms with van der Waals surface area (Å²) < 4.78 is 0. The molecule has 1 saturated carbocycles. The summed E-state index contributed by atoms with van der Waals surface area (Å²) in [5.41, 5.74) is 0. The zero-order valence-electron chi connectivity index (χ0n) is 13.4. The number of nitrogens with zero attached hydrogens (tertiary/aromatic N) is 1. The molecule has 1 saturated heterocycles. The van der Waals surface area contributed by atoms with Crippen LogP contribution < -0.4 is 5.32 Å². The average molecular weight is 280 g/mol. The second-order valence-corrected chi connectivity index (χ2v) is 7.16. The molecule has 1 amide bonds. The zero-order valence-corrected chi connectivity index (χ0v) is 13.4. The van der Waals surface area contributed by atoms with E-state index in [0.29, 0.717) is 17.9 Å². The van der Waals surface area contributed by atoms with Crippen molar-refractivity contribution in [2.75, 3.05) is 19.6 Å². The highest BCUT2D eigenvalue weighted by molar-refractivity contribution is 5.76. The number of hydrogen-bond acceptors (Lipinski definition) is 2. The summed E-state index contributed by atoms with van der Waals surface area (Å²) in [4.78, 5) is 14.5. The minimum absolute atomic E-state index is 0.394. The molecule has 1 atom stereocenters. The second-order valence-electron chi connectivity index (χ2n) is 7.16. The molecule has 1 unspecified atom stereocenters. The quantitative estimate of drug-likeness (QED) is 0.839. The molecule has 3 heteroatoms. The van der Waals surface area contributed by atoms with Gasteiger partial charge in [-0.2, -0.15) is 0 Å². The molecule has 1 aliphatic carbocycles. The van der Waals surface area contributed by atoms with E-state index in [0.717, 1.165) is 38.4 Å². The lowest BCUT2D eigenvalue weighted by Crippen LogP contribution is -2.53. The highest BCUT2D eigenvalue weighted by Crippen LogP contribution is 2.27. The Balaban J connectivity index is 1.70. The number of hydrogen-bond donors (Lipinski definition) is 1. The largest absolute Gasteiger partial charge is 0.340 e. The number of piperazine rings is 1. The van der Waals surface area contributed by atoms with Gasteiger partial charge >= 0.3 is 0 Å². The Hall–Kier alpha value is -0.570. The summed E-state index contributed by atoms with van der Waals surface area (Å²) in [5.74, 6) is 1.91. The van der Waals surface area contributed by atoms with E-state index in [1.807, 2.05) is 0 Å². The van der Waals surface area contributed by atoms with Crippen LogP contribution >= 0.6 is 0 Å². The van der Waals surface area contributed by atoms with Crippen LogP contribution in [0, 0.1) is 11.8 Å². The molecule has 20 heavy (non-hydrogen) atoms. The van der Waals surface area contributed by atoms with Crippen molar-refractivity contribution in [2.45, 2.75) is 71.3 Å². The lowest BCUT2D eigenvalue weighted by atomic mass is 9.86. The smallest absolute Gasteiger partial charge is 0.222 e. The molecule has 1 aliphatic heterocycles. The first-order valence-electron chi connectivity index (χ1n) is 8.66. The fourth-order valence-electron chi connectivity index (χ4n) is 3.74. The summed E-state index contributed by atoms with van der Waals surface area (Å²) in [6.07, 6.45) is 9.93. The molecule has 1 heterocycles. The molecule has 0 bridgehead atoms. The van der Waals surface area contributed by atoms with E-state index in [1.54, 1.807) is 0 Å². The molecule has 0 radical (unpaired) electrons. The molecule has 0 spiro atoms. The monoisotopic (exact) mass is 280 g/mol. The van der Waals surface area contributed by atoms with E-state index < -0.39 is 0 Å². The summed E-state index contributed by atoms with van der Waals surface area (Å²) in [6.45, 7) is 7.30. The number of carbonyl (C=O) groups is 1. The molecule has 2 fully saturated rings. The van der Waals surface area contributed by atoms with E-state index in [9.17, 15) is 4.79 Å². The summed E-state index contributed by atoms with van der Waals surface area (Å²) in [7, 11) is 0. The Bertz CT molecular complexity index is 297. The standard InChI is InChI=1S/C17H32N2O/c1-14(2)12-16-13-19(11-10-18-16)17(20)9-8-15-6-4-3-5-7-15/h14-16,18H,3-13H2,1-2H3. The van der Waals surface area contributed by atoms with Gasteiger partial charge in [-0.05, 0) is 24.7 Å². The van der Waals surface area contributed by atoms with Gasteiger partial charge in [0.2, 0.25) is 5.91 Å². The maximum absolute atomic E-state index is 12.4. The van der Waals surface area contributed by atoms with Crippen LogP contribution in [-0.2, 0) is 4.79 Å². The third kappa shape index (κ3) is 5.08. The Morgan fingerprint density at radius 1 is 1.25 bits per heavy atom. The minimum atomic E-state index is 0.394. The number of nitrogens with one attached hydrogen (secondary N) is 1. The lowest BCUT2D eigenvalue weighted by molar-refractivity contribution is -0.132. The fraction of sp³-hybridized carbons (Fsp3) is 0.941. The van der Waals surface area contributed by atoms with Crippen LogP contribution in [0.15, 0.2) is 0 Å². The molecule has 116 valence electrons. The van der Waals surface area contributed by atoms with E-state index in [2.05, 4.69) is 24.1 Å². The Labute approximate surface area is 124 Å². The van der Waals surface area contributed by atoms with Gasteiger partial charge in [0.1, 0.15) is 0 Å². The average Bonchev–Trinajstić information content (AvgIpc) is 2.45. The fourth-order valence-corrected chi connectivity index (χ4v) is 3.74. The summed E-state index contributed by atoms with van der Waals surface area (Å²) in [5, 5.41) is 3.55. The minimum Gasteiger partial charge on any atom is -0.340 e. The van der Waals surface area contributed by atoms with Crippen LogP contribution in [0.2, 0.25) is 0 Å². The molecule has 0 aromatic rings. The van der Waals surface area contributed by atoms with Gasteiger partial charge in [0.15, 0.2) is 0 Å². The van der Waals surface area contributed by atoms with Crippen molar-refractivity contribution in [2.24, 2.45) is 11.8 Å². The first kappa shape index (κ1) is 15.8. The van der Waals surface area contributed by atoms with Crippen LogP contribution in [0.1, 0.15) is 65.2 Å². The first-order chi connectivity index (χ1) is 9.65. The van der Waals surface area contributed by atoms with Gasteiger partial charge in [-0.1, -0.05) is 46.0 Å². The van der Waals surface area contributed by atoms with Crippen molar-refractivity contribution in [3.8, 4) is 0 Å². The van der Waals surface area contributed by atoms with Crippen molar-refractivity contribution in [1.29, 1.82) is 0 Å². The lowest BCUT2D eigenvalue weighted by Gasteiger charge is -2.35. The van der Waals surface area contributed by atoms with Gasteiger partial charge in [0, 0.05) is 32.1 Å². The maximum atomic E-state index is 12.4. The Morgan fingerprint density at radius 2 is 2.00 bits per heavy atom. The molecular formula is C17H32N2O. The number of amides is 1. The van der Waals surface area contributed by atoms with Crippen LogP contribution in [0.4, 0.5) is 0 Å². The van der Waals surface area contributed by atoms with Crippen molar-refractivity contribution in [1.82, 2.24) is 10.2 Å². The van der Waals surface area contributed by atoms with Gasteiger partial charge in [0.25, 0.3) is 0 Å². The van der Waals surface area contributed by atoms with Crippen molar-refractivity contribution in [3.63, 3.8) is 0 Å². The molecule has 3 nitrogen and oxygen atoms in total. The molecule has 1 N–H and O–H groups in total. The maximum Gasteiger partial charge on any atom is 0.222 e. The molecule has 2 rings (SSSR count). The highest BCUT2D eigenvalue weighted by atomic mass is 16.2. The third-order valence-electron chi connectivity index (χ3n) is 4.86. The Morgan fingerprint density at radius 3 is 2.70 bits per heavy atom. The van der Waals surface area contributed by atoms with Gasteiger partial charge in [-0.3, -0.25) is 4.79 Å². The van der Waals surface area contributed by atoms with Crippen LogP contribution in [0.3, 0.4) is 0 Å². The predicted molar refractivity (Wildman–Crippen MR) is 83.6 cm³/mol. The van der Waals surface area contributed by atoms with Crippen LogP contribution in [0.5, 0.6) is 0 Å². The molecule has 0 aromatic heterocycles. The highest BCUT2D eigenvalue weighted by Gasteiger charge is 2.24. The molecular weight excluding hydrogens is 248 g/mol. The third-order valence-corrected chi connectivity index (χ3v) is 4.86. The SMILES string of the molecule is CC(C)CC1CN(C(=O)CCC2CCCCC2)CCN1. The van der Waals surface area contributed by atoms with Crippen LogP contribution in [-0.4, -0.2) is 36.5 Å². The topological polar surface area (TPSA) is 32.3 Å². The van der Waals surface area contributed by atoms with Crippen LogP contribution in [0.25, 0.3) is 0 Å². The molecule has 0 aromatic carbocycles. The van der Waals surface area contributed by atoms with E-state index >= 15 is 0 Å². The number of rotatable bonds is 5. The van der Waals surface area contributed by atoms with E-state index in [1.165, 1.54) is 38.5 Å². The summed E-state index contributed by atoms with van der Waals surface area (Å²) in [6, 6.07) is 0.502. The summed E-state index contributed by atoms with van der Waals surface area (Å²) >= 11 is 0. The van der Waals surface area contributed by atoms with Gasteiger partial charge in [-0.25, -0.2) is 0 Å².